The van der Waals surface area contributed by atoms with E-state index in [1.165, 1.54) is 10.5 Å². The molecule has 4 rings (SSSR count). The number of carbonyl (C=O) groups excluding carboxylic acids is 1. The Bertz CT molecular complexity index is 968. The normalized spacial score (nSPS) is 23.6. The highest BCUT2D eigenvalue weighted by Gasteiger charge is 2.53. The molecule has 1 aromatic heterocycles. The quantitative estimate of drug-likeness (QED) is 0.818. The van der Waals surface area contributed by atoms with Gasteiger partial charge in [0.15, 0.2) is 0 Å². The number of carbonyl (C=O) groups is 1. The minimum absolute atomic E-state index is 0.0251. The minimum Gasteiger partial charge on any atom is -0.314 e. The van der Waals surface area contributed by atoms with E-state index >= 15 is 0 Å². The van der Waals surface area contributed by atoms with Gasteiger partial charge in [0.1, 0.15) is 4.90 Å². The molecule has 0 N–H and O–H groups in total. The lowest BCUT2D eigenvalue weighted by molar-refractivity contribution is -0.124. The maximum Gasteiger partial charge on any atom is 0.246 e. The number of hydrogen-bond acceptors (Lipinski definition) is 4. The summed E-state index contributed by atoms with van der Waals surface area (Å²) in [7, 11) is -1.92. The molecule has 8 heteroatoms. The summed E-state index contributed by atoms with van der Waals surface area (Å²) >= 11 is 0. The molecule has 1 atom stereocenters. The smallest absolute Gasteiger partial charge is 0.246 e. The number of amides is 1. The molecule has 2 aliphatic rings. The van der Waals surface area contributed by atoms with Crippen molar-refractivity contribution in [3.05, 3.63) is 42.2 Å². The van der Waals surface area contributed by atoms with E-state index in [1.54, 1.807) is 22.8 Å². The summed E-state index contributed by atoms with van der Waals surface area (Å²) in [5.41, 5.74) is 1.00. The largest absolute Gasteiger partial charge is 0.314 e. The minimum atomic E-state index is -3.68. The van der Waals surface area contributed by atoms with Gasteiger partial charge in [-0.2, -0.15) is 9.40 Å². The molecule has 1 unspecified atom stereocenters. The number of aromatic nitrogens is 2. The van der Waals surface area contributed by atoms with Crippen molar-refractivity contribution >= 4 is 21.6 Å². The number of fused-ring (bicyclic) bond motifs is 2. The van der Waals surface area contributed by atoms with E-state index in [-0.39, 0.29) is 17.3 Å². The highest BCUT2D eigenvalue weighted by molar-refractivity contribution is 7.89. The first-order valence-electron chi connectivity index (χ1n) is 8.80. The van der Waals surface area contributed by atoms with E-state index in [2.05, 4.69) is 5.10 Å². The fraction of sp³-hybridized carbons (Fsp3) is 0.444. The van der Waals surface area contributed by atoms with Gasteiger partial charge in [-0.3, -0.25) is 9.48 Å². The number of sulfonamides is 1. The lowest BCUT2D eigenvalue weighted by Gasteiger charge is -2.38. The lowest BCUT2D eigenvalue weighted by atomic mass is 9.76. The first-order chi connectivity index (χ1) is 12.4. The zero-order valence-electron chi connectivity index (χ0n) is 14.9. The van der Waals surface area contributed by atoms with Gasteiger partial charge < -0.3 is 4.90 Å². The third-order valence-electron chi connectivity index (χ3n) is 5.52. The van der Waals surface area contributed by atoms with Crippen LogP contribution < -0.4 is 4.90 Å². The zero-order chi connectivity index (χ0) is 18.5. The highest BCUT2D eigenvalue weighted by atomic mass is 32.2. The number of piperidine rings is 1. The van der Waals surface area contributed by atoms with Crippen molar-refractivity contribution in [1.82, 2.24) is 14.1 Å². The summed E-state index contributed by atoms with van der Waals surface area (Å²) < 4.78 is 29.2. The summed E-state index contributed by atoms with van der Waals surface area (Å²) in [6.45, 7) is 3.10. The number of nitrogens with zero attached hydrogens (tertiary/aromatic N) is 4. The van der Waals surface area contributed by atoms with Gasteiger partial charge in [0.05, 0.1) is 11.6 Å². The van der Waals surface area contributed by atoms with Gasteiger partial charge in [0.2, 0.25) is 15.9 Å². The second-order valence-electron chi connectivity index (χ2n) is 6.94. The van der Waals surface area contributed by atoms with Crippen LogP contribution in [-0.4, -0.2) is 48.5 Å². The topological polar surface area (TPSA) is 75.5 Å². The van der Waals surface area contributed by atoms with Gasteiger partial charge in [-0.05, 0) is 31.4 Å². The number of rotatable bonds is 3. The van der Waals surface area contributed by atoms with E-state index in [4.69, 9.17) is 0 Å². The van der Waals surface area contributed by atoms with E-state index in [9.17, 15) is 13.2 Å². The average molecular weight is 374 g/mol. The molecule has 138 valence electrons. The predicted molar refractivity (Wildman–Crippen MR) is 97.4 cm³/mol. The van der Waals surface area contributed by atoms with Crippen LogP contribution in [0.25, 0.3) is 0 Å². The monoisotopic (exact) mass is 374 g/mol. The highest BCUT2D eigenvalue weighted by Crippen LogP contribution is 2.46. The van der Waals surface area contributed by atoms with Crippen molar-refractivity contribution in [2.45, 2.75) is 36.6 Å². The SMILES string of the molecule is CCn1cc(S(=O)(=O)N2CCCC3(C2)C(=O)N(C)c2ccccc23)cn1. The molecule has 1 amide bonds. The van der Waals surface area contributed by atoms with E-state index in [0.29, 0.717) is 25.9 Å². The molecule has 1 fully saturated rings. The molecule has 1 aromatic carbocycles. The second-order valence-corrected chi connectivity index (χ2v) is 8.88. The molecule has 3 heterocycles. The molecule has 1 saturated heterocycles. The van der Waals surface area contributed by atoms with Crippen LogP contribution in [0.3, 0.4) is 0 Å². The third-order valence-corrected chi connectivity index (χ3v) is 7.32. The molecule has 2 aromatic rings. The number of anilines is 1. The molecule has 2 aliphatic heterocycles. The first-order valence-corrected chi connectivity index (χ1v) is 10.2. The van der Waals surface area contributed by atoms with Crippen LogP contribution in [0, 0.1) is 0 Å². The van der Waals surface area contributed by atoms with Gasteiger partial charge in [-0.25, -0.2) is 8.42 Å². The molecule has 7 nitrogen and oxygen atoms in total. The van der Waals surface area contributed by atoms with Gasteiger partial charge in [-0.15, -0.1) is 0 Å². The van der Waals surface area contributed by atoms with E-state index in [1.807, 2.05) is 31.2 Å². The molecule has 0 bridgehead atoms. The van der Waals surface area contributed by atoms with Gasteiger partial charge in [0, 0.05) is 38.6 Å². The van der Waals surface area contributed by atoms with E-state index in [0.717, 1.165) is 11.3 Å². The summed E-state index contributed by atoms with van der Waals surface area (Å²) in [4.78, 5) is 14.9. The van der Waals surface area contributed by atoms with Crippen LogP contribution in [0.5, 0.6) is 0 Å². The Morgan fingerprint density at radius 1 is 1.27 bits per heavy atom. The zero-order valence-corrected chi connectivity index (χ0v) is 15.7. The third kappa shape index (κ3) is 2.32. The number of benzene rings is 1. The Balaban J connectivity index is 1.73. The fourth-order valence-electron chi connectivity index (χ4n) is 4.13. The number of para-hydroxylation sites is 1. The van der Waals surface area contributed by atoms with Gasteiger partial charge in [0.25, 0.3) is 0 Å². The average Bonchev–Trinajstić information content (AvgIpc) is 3.23. The van der Waals surface area contributed by atoms with Crippen LogP contribution in [0.2, 0.25) is 0 Å². The van der Waals surface area contributed by atoms with Crippen LogP contribution in [0.4, 0.5) is 5.69 Å². The summed E-state index contributed by atoms with van der Waals surface area (Å²) in [6.07, 6.45) is 4.24. The maximum atomic E-state index is 13.1. The number of hydrogen-bond donors (Lipinski definition) is 0. The standard InChI is InChI=1S/C18H22N4O3S/c1-3-21-12-14(11-19-21)26(24,25)22-10-6-9-18(13-22)15-7-4-5-8-16(15)20(2)17(18)23/h4-5,7-8,11-12H,3,6,9-10,13H2,1-2H3. The number of aryl methyl sites for hydroxylation is 1. The molecular weight excluding hydrogens is 352 g/mol. The Morgan fingerprint density at radius 2 is 2.04 bits per heavy atom. The molecule has 0 saturated carbocycles. The Hall–Kier alpha value is -2.19. The van der Waals surface area contributed by atoms with Crippen molar-refractivity contribution in [1.29, 1.82) is 0 Å². The van der Waals surface area contributed by atoms with Crippen molar-refractivity contribution in [2.24, 2.45) is 0 Å². The predicted octanol–water partition coefficient (Wildman–Crippen LogP) is 1.60. The van der Waals surface area contributed by atoms with Crippen LogP contribution in [0.15, 0.2) is 41.6 Å². The van der Waals surface area contributed by atoms with E-state index < -0.39 is 15.4 Å². The molecule has 1 spiro atoms. The Kier molecular flexibility index (Phi) is 3.92. The Labute approximate surface area is 153 Å². The molecular formula is C18H22N4O3S. The van der Waals surface area contributed by atoms with Crippen molar-refractivity contribution < 1.29 is 13.2 Å². The van der Waals surface area contributed by atoms with Gasteiger partial charge in [-0.1, -0.05) is 18.2 Å². The first kappa shape index (κ1) is 17.2. The van der Waals surface area contributed by atoms with Crippen LogP contribution >= 0.6 is 0 Å². The summed E-state index contributed by atoms with van der Waals surface area (Å²) in [6, 6.07) is 7.67. The lowest BCUT2D eigenvalue weighted by Crippen LogP contribution is -2.52. The molecule has 26 heavy (non-hydrogen) atoms. The van der Waals surface area contributed by atoms with Crippen molar-refractivity contribution in [2.75, 3.05) is 25.0 Å². The van der Waals surface area contributed by atoms with Crippen LogP contribution in [-0.2, 0) is 26.8 Å². The maximum absolute atomic E-state index is 13.1. The summed E-state index contributed by atoms with van der Waals surface area (Å²) in [5, 5.41) is 4.08. The molecule has 0 radical (unpaired) electrons. The number of likely N-dealkylation sites (N-methyl/N-ethyl adjacent to an activating group) is 1. The Morgan fingerprint density at radius 3 is 2.77 bits per heavy atom. The van der Waals surface area contributed by atoms with Crippen LogP contribution in [0.1, 0.15) is 25.3 Å². The second kappa shape index (κ2) is 5.92. The van der Waals surface area contributed by atoms with Crippen molar-refractivity contribution in [3.8, 4) is 0 Å². The van der Waals surface area contributed by atoms with Gasteiger partial charge >= 0.3 is 0 Å². The fourth-order valence-corrected chi connectivity index (χ4v) is 5.63. The molecule has 0 aliphatic carbocycles. The summed E-state index contributed by atoms with van der Waals surface area (Å²) in [5.74, 6) is -0.0251. The van der Waals surface area contributed by atoms with Crippen molar-refractivity contribution in [3.63, 3.8) is 0 Å².